The summed E-state index contributed by atoms with van der Waals surface area (Å²) >= 11 is 0. The van der Waals surface area contributed by atoms with Gasteiger partial charge in [-0.15, -0.1) is 0 Å². The average molecular weight is 284 g/mol. The summed E-state index contributed by atoms with van der Waals surface area (Å²) in [6, 6.07) is 7.97. The molecule has 0 aromatic heterocycles. The van der Waals surface area contributed by atoms with E-state index in [0.717, 1.165) is 5.56 Å². The fourth-order valence-corrected chi connectivity index (χ4v) is 2.22. The molecule has 1 aliphatic rings. The fraction of sp³-hybridized carbons (Fsp3) is 0.267. The van der Waals surface area contributed by atoms with Crippen LogP contribution >= 0.6 is 0 Å². The number of hydrogen-bond acceptors (Lipinski definition) is 3. The molecule has 0 saturated carbocycles. The van der Waals surface area contributed by atoms with Crippen LogP contribution < -0.4 is 10.6 Å². The molecule has 0 fully saturated rings. The van der Waals surface area contributed by atoms with Crippen molar-refractivity contribution in [1.82, 2.24) is 15.5 Å². The van der Waals surface area contributed by atoms with Crippen molar-refractivity contribution in [2.24, 2.45) is 0 Å². The Morgan fingerprint density at radius 2 is 1.90 bits per heavy atom. The Morgan fingerprint density at radius 3 is 2.43 bits per heavy atom. The number of amides is 3. The molecule has 1 aromatic carbocycles. The molecule has 21 heavy (non-hydrogen) atoms. The quantitative estimate of drug-likeness (QED) is 0.857. The van der Waals surface area contributed by atoms with Crippen LogP contribution in [0, 0.1) is 11.3 Å². The van der Waals surface area contributed by atoms with Gasteiger partial charge in [0.1, 0.15) is 0 Å². The largest absolute Gasteiger partial charge is 0.345 e. The summed E-state index contributed by atoms with van der Waals surface area (Å²) in [5, 5.41) is 14.2. The van der Waals surface area contributed by atoms with Crippen LogP contribution in [0.25, 0.3) is 0 Å². The van der Waals surface area contributed by atoms with Gasteiger partial charge in [0.15, 0.2) is 0 Å². The molecule has 108 valence electrons. The van der Waals surface area contributed by atoms with Gasteiger partial charge in [0.25, 0.3) is 5.91 Å². The van der Waals surface area contributed by atoms with Gasteiger partial charge < -0.3 is 15.5 Å². The molecular weight excluding hydrogens is 268 g/mol. The minimum atomic E-state index is -0.526. The smallest absolute Gasteiger partial charge is 0.319 e. The Kier molecular flexibility index (Phi) is 3.94. The van der Waals surface area contributed by atoms with Crippen molar-refractivity contribution in [2.75, 3.05) is 14.1 Å². The molecule has 0 bridgehead atoms. The summed E-state index contributed by atoms with van der Waals surface area (Å²) in [5.41, 5.74) is 2.31. The number of benzene rings is 1. The predicted octanol–water partition coefficient (Wildman–Crippen LogP) is 1.27. The number of allylic oxidation sites excluding steroid dienone is 1. The molecular formula is C15H16N4O2. The molecule has 2 N–H and O–H groups in total. The van der Waals surface area contributed by atoms with Gasteiger partial charge in [0.2, 0.25) is 0 Å². The molecule has 2 rings (SSSR count). The first-order valence-electron chi connectivity index (χ1n) is 6.44. The van der Waals surface area contributed by atoms with Gasteiger partial charge in [-0.25, -0.2) is 4.79 Å². The number of carbonyl (C=O) groups excluding carboxylic acids is 2. The zero-order chi connectivity index (χ0) is 15.6. The Hall–Kier alpha value is -2.81. The molecule has 0 aliphatic carbocycles. The zero-order valence-electron chi connectivity index (χ0n) is 12.1. The normalized spacial score (nSPS) is 17.6. The summed E-state index contributed by atoms with van der Waals surface area (Å²) in [7, 11) is 3.32. The first kappa shape index (κ1) is 14.6. The van der Waals surface area contributed by atoms with E-state index in [1.807, 2.05) is 6.07 Å². The van der Waals surface area contributed by atoms with Gasteiger partial charge in [0.05, 0.1) is 23.2 Å². The van der Waals surface area contributed by atoms with Crippen molar-refractivity contribution in [2.45, 2.75) is 13.0 Å². The average Bonchev–Trinajstić information content (AvgIpc) is 2.46. The van der Waals surface area contributed by atoms with Crippen molar-refractivity contribution in [1.29, 1.82) is 5.26 Å². The second-order valence-electron chi connectivity index (χ2n) is 5.00. The van der Waals surface area contributed by atoms with Crippen molar-refractivity contribution >= 4 is 11.9 Å². The highest BCUT2D eigenvalue weighted by Gasteiger charge is 2.31. The van der Waals surface area contributed by atoms with Crippen LogP contribution in [-0.2, 0) is 4.79 Å². The van der Waals surface area contributed by atoms with Crippen LogP contribution in [0.2, 0.25) is 0 Å². The SMILES string of the molecule is CC1=C(C(=O)N(C)C)C(c2ccc(C#N)cc2)NC(=O)N1. The fourth-order valence-electron chi connectivity index (χ4n) is 2.22. The van der Waals surface area contributed by atoms with E-state index in [2.05, 4.69) is 10.6 Å². The first-order valence-corrected chi connectivity index (χ1v) is 6.44. The van der Waals surface area contributed by atoms with Gasteiger partial charge in [-0.1, -0.05) is 12.1 Å². The van der Waals surface area contributed by atoms with Crippen molar-refractivity contribution in [3.05, 3.63) is 46.7 Å². The first-order chi connectivity index (χ1) is 9.93. The van der Waals surface area contributed by atoms with Crippen LogP contribution in [0.1, 0.15) is 24.1 Å². The molecule has 3 amide bonds. The standard InChI is InChI=1S/C15H16N4O2/c1-9-12(14(20)19(2)3)13(18-15(21)17-9)11-6-4-10(8-16)5-7-11/h4-7,13H,1-3H3,(H2,17,18,21). The van der Waals surface area contributed by atoms with Crippen molar-refractivity contribution in [3.8, 4) is 6.07 Å². The third-order valence-corrected chi connectivity index (χ3v) is 3.28. The molecule has 1 unspecified atom stereocenters. The topological polar surface area (TPSA) is 85.2 Å². The van der Waals surface area contributed by atoms with Crippen molar-refractivity contribution in [3.63, 3.8) is 0 Å². The number of nitrogens with zero attached hydrogens (tertiary/aromatic N) is 2. The molecule has 0 radical (unpaired) electrons. The third kappa shape index (κ3) is 2.87. The van der Waals surface area contributed by atoms with Gasteiger partial charge in [-0.05, 0) is 24.6 Å². The number of rotatable bonds is 2. The second-order valence-corrected chi connectivity index (χ2v) is 5.00. The lowest BCUT2D eigenvalue weighted by Gasteiger charge is -2.30. The lowest BCUT2D eigenvalue weighted by atomic mass is 9.94. The molecule has 0 spiro atoms. The number of carbonyl (C=O) groups is 2. The Morgan fingerprint density at radius 1 is 1.29 bits per heavy atom. The maximum Gasteiger partial charge on any atom is 0.319 e. The van der Waals surface area contributed by atoms with Gasteiger partial charge >= 0.3 is 6.03 Å². The molecule has 6 heteroatoms. The van der Waals surface area contributed by atoms with E-state index >= 15 is 0 Å². The monoisotopic (exact) mass is 284 g/mol. The molecule has 1 aliphatic heterocycles. The summed E-state index contributed by atoms with van der Waals surface area (Å²) < 4.78 is 0. The highest BCUT2D eigenvalue weighted by Crippen LogP contribution is 2.27. The van der Waals surface area contributed by atoms with Gasteiger partial charge in [-0.3, -0.25) is 4.79 Å². The summed E-state index contributed by atoms with van der Waals surface area (Å²) in [4.78, 5) is 25.5. The Labute approximate surface area is 123 Å². The van der Waals surface area contributed by atoms with Gasteiger partial charge in [0, 0.05) is 19.8 Å². The summed E-state index contributed by atoms with van der Waals surface area (Å²) in [6.07, 6.45) is 0. The van der Waals surface area contributed by atoms with Crippen LogP contribution in [-0.4, -0.2) is 30.9 Å². The summed E-state index contributed by atoms with van der Waals surface area (Å²) in [5.74, 6) is -0.172. The maximum absolute atomic E-state index is 12.3. The second kappa shape index (κ2) is 5.67. The lowest BCUT2D eigenvalue weighted by Crippen LogP contribution is -2.46. The van der Waals surface area contributed by atoms with E-state index in [4.69, 9.17) is 5.26 Å². The highest BCUT2D eigenvalue weighted by atomic mass is 16.2. The van der Waals surface area contributed by atoms with Gasteiger partial charge in [-0.2, -0.15) is 5.26 Å². The van der Waals surface area contributed by atoms with E-state index < -0.39 is 6.04 Å². The number of nitriles is 1. The number of urea groups is 1. The van der Waals surface area contributed by atoms with Crippen LogP contribution in [0.4, 0.5) is 4.79 Å². The van der Waals surface area contributed by atoms with Crippen LogP contribution in [0.3, 0.4) is 0 Å². The summed E-state index contributed by atoms with van der Waals surface area (Å²) in [6.45, 7) is 1.70. The Bertz CT molecular complexity index is 653. The molecule has 6 nitrogen and oxygen atoms in total. The van der Waals surface area contributed by atoms with E-state index in [-0.39, 0.29) is 11.9 Å². The minimum Gasteiger partial charge on any atom is -0.345 e. The Balaban J connectivity index is 2.47. The number of likely N-dealkylation sites (N-methyl/N-ethyl adjacent to an activating group) is 1. The van der Waals surface area contributed by atoms with E-state index in [1.54, 1.807) is 45.3 Å². The van der Waals surface area contributed by atoms with Crippen molar-refractivity contribution < 1.29 is 9.59 Å². The maximum atomic E-state index is 12.3. The van der Waals surface area contributed by atoms with Crippen LogP contribution in [0.15, 0.2) is 35.5 Å². The molecule has 1 atom stereocenters. The number of nitrogens with one attached hydrogen (secondary N) is 2. The number of hydrogen-bond donors (Lipinski definition) is 2. The van der Waals surface area contributed by atoms with E-state index in [0.29, 0.717) is 16.8 Å². The molecule has 1 heterocycles. The van der Waals surface area contributed by atoms with E-state index in [1.165, 1.54) is 4.90 Å². The van der Waals surface area contributed by atoms with Crippen LogP contribution in [0.5, 0.6) is 0 Å². The van der Waals surface area contributed by atoms with E-state index in [9.17, 15) is 9.59 Å². The third-order valence-electron chi connectivity index (χ3n) is 3.28. The molecule has 1 aromatic rings. The lowest BCUT2D eigenvalue weighted by molar-refractivity contribution is -0.125. The highest BCUT2D eigenvalue weighted by molar-refractivity contribution is 5.98. The zero-order valence-corrected chi connectivity index (χ0v) is 12.1. The molecule has 0 saturated heterocycles. The minimum absolute atomic E-state index is 0.172. The predicted molar refractivity (Wildman–Crippen MR) is 77.0 cm³/mol.